The SMILES string of the molecule is COc1cc(OC)c(C=CCNCC(C)C)c(OC)c1. The molecule has 112 valence electrons. The van der Waals surface area contributed by atoms with E-state index in [1.54, 1.807) is 21.3 Å². The predicted octanol–water partition coefficient (Wildman–Crippen LogP) is 2.97. The second-order valence-electron chi connectivity index (χ2n) is 4.90. The van der Waals surface area contributed by atoms with Crippen molar-refractivity contribution in [1.82, 2.24) is 5.32 Å². The summed E-state index contributed by atoms with van der Waals surface area (Å²) >= 11 is 0. The third-order valence-electron chi connectivity index (χ3n) is 2.85. The van der Waals surface area contributed by atoms with E-state index in [0.29, 0.717) is 11.7 Å². The third-order valence-corrected chi connectivity index (χ3v) is 2.85. The summed E-state index contributed by atoms with van der Waals surface area (Å²) in [6.07, 6.45) is 4.07. The number of hydrogen-bond acceptors (Lipinski definition) is 4. The summed E-state index contributed by atoms with van der Waals surface area (Å²) in [7, 11) is 4.91. The highest BCUT2D eigenvalue weighted by Crippen LogP contribution is 2.34. The number of ether oxygens (including phenoxy) is 3. The van der Waals surface area contributed by atoms with Crippen LogP contribution in [0.15, 0.2) is 18.2 Å². The zero-order chi connectivity index (χ0) is 15.0. The normalized spacial score (nSPS) is 11.1. The van der Waals surface area contributed by atoms with Gasteiger partial charge in [0.25, 0.3) is 0 Å². The number of hydrogen-bond donors (Lipinski definition) is 1. The van der Waals surface area contributed by atoms with E-state index >= 15 is 0 Å². The van der Waals surface area contributed by atoms with Crippen molar-refractivity contribution in [2.45, 2.75) is 13.8 Å². The Morgan fingerprint density at radius 3 is 2.10 bits per heavy atom. The molecule has 0 saturated heterocycles. The summed E-state index contributed by atoms with van der Waals surface area (Å²) in [5.74, 6) is 2.84. The number of benzene rings is 1. The van der Waals surface area contributed by atoms with Crippen molar-refractivity contribution in [2.75, 3.05) is 34.4 Å². The van der Waals surface area contributed by atoms with Gasteiger partial charge in [0.05, 0.1) is 26.9 Å². The number of nitrogens with one attached hydrogen (secondary N) is 1. The molecule has 20 heavy (non-hydrogen) atoms. The minimum atomic E-state index is 0.647. The van der Waals surface area contributed by atoms with Crippen LogP contribution in [-0.2, 0) is 0 Å². The Morgan fingerprint density at radius 2 is 1.65 bits per heavy atom. The Labute approximate surface area is 121 Å². The Kier molecular flexibility index (Phi) is 6.94. The quantitative estimate of drug-likeness (QED) is 0.743. The summed E-state index contributed by atoms with van der Waals surface area (Å²) in [4.78, 5) is 0. The van der Waals surface area contributed by atoms with Gasteiger partial charge in [0.1, 0.15) is 17.2 Å². The van der Waals surface area contributed by atoms with Crippen LogP contribution in [0, 0.1) is 5.92 Å². The molecular formula is C16H25NO3. The lowest BCUT2D eigenvalue weighted by atomic mass is 10.1. The molecule has 4 nitrogen and oxygen atoms in total. The van der Waals surface area contributed by atoms with E-state index < -0.39 is 0 Å². The van der Waals surface area contributed by atoms with Gasteiger partial charge in [-0.2, -0.15) is 0 Å². The zero-order valence-electron chi connectivity index (χ0n) is 13.0. The Morgan fingerprint density at radius 1 is 1.05 bits per heavy atom. The van der Waals surface area contributed by atoms with Gasteiger partial charge < -0.3 is 19.5 Å². The molecule has 1 N–H and O–H groups in total. The fourth-order valence-corrected chi connectivity index (χ4v) is 1.83. The van der Waals surface area contributed by atoms with Crippen LogP contribution in [0.2, 0.25) is 0 Å². The van der Waals surface area contributed by atoms with Gasteiger partial charge >= 0.3 is 0 Å². The van der Waals surface area contributed by atoms with Crippen LogP contribution in [0.4, 0.5) is 0 Å². The third kappa shape index (κ3) is 4.78. The summed E-state index contributed by atoms with van der Waals surface area (Å²) < 4.78 is 16.0. The van der Waals surface area contributed by atoms with Crippen LogP contribution in [-0.4, -0.2) is 34.4 Å². The number of rotatable bonds is 8. The van der Waals surface area contributed by atoms with Crippen molar-refractivity contribution >= 4 is 6.08 Å². The van der Waals surface area contributed by atoms with Crippen LogP contribution >= 0.6 is 0 Å². The van der Waals surface area contributed by atoms with Crippen LogP contribution in [0.25, 0.3) is 6.08 Å². The average Bonchev–Trinajstić information content (AvgIpc) is 2.46. The summed E-state index contributed by atoms with van der Waals surface area (Å²) in [5.41, 5.74) is 0.919. The van der Waals surface area contributed by atoms with Gasteiger partial charge in [-0.05, 0) is 12.5 Å². The minimum Gasteiger partial charge on any atom is -0.496 e. The molecule has 0 amide bonds. The molecule has 0 radical (unpaired) electrons. The van der Waals surface area contributed by atoms with Crippen LogP contribution in [0.5, 0.6) is 17.2 Å². The first-order chi connectivity index (χ1) is 9.62. The summed E-state index contributed by atoms with van der Waals surface area (Å²) in [6.45, 7) is 6.19. The average molecular weight is 279 g/mol. The van der Waals surface area contributed by atoms with Crippen LogP contribution < -0.4 is 19.5 Å². The van der Waals surface area contributed by atoms with Gasteiger partial charge in [-0.3, -0.25) is 0 Å². The molecule has 0 heterocycles. The summed E-state index contributed by atoms with van der Waals surface area (Å²) in [6, 6.07) is 3.70. The van der Waals surface area contributed by atoms with Crippen LogP contribution in [0.3, 0.4) is 0 Å². The monoisotopic (exact) mass is 279 g/mol. The molecule has 0 aromatic heterocycles. The van der Waals surface area contributed by atoms with Crippen molar-refractivity contribution < 1.29 is 14.2 Å². The zero-order valence-corrected chi connectivity index (χ0v) is 13.0. The Balaban J connectivity index is 2.84. The first kappa shape index (κ1) is 16.4. The molecule has 0 aliphatic heterocycles. The fraction of sp³-hybridized carbons (Fsp3) is 0.500. The molecule has 0 atom stereocenters. The van der Waals surface area contributed by atoms with E-state index in [4.69, 9.17) is 14.2 Å². The van der Waals surface area contributed by atoms with Gasteiger partial charge in [-0.15, -0.1) is 0 Å². The molecule has 0 aliphatic carbocycles. The van der Waals surface area contributed by atoms with Crippen molar-refractivity contribution in [3.8, 4) is 17.2 Å². The number of methoxy groups -OCH3 is 3. The lowest BCUT2D eigenvalue weighted by Gasteiger charge is -2.12. The first-order valence-corrected chi connectivity index (χ1v) is 6.79. The molecule has 0 spiro atoms. The van der Waals surface area contributed by atoms with Crippen molar-refractivity contribution in [3.05, 3.63) is 23.8 Å². The van der Waals surface area contributed by atoms with Crippen molar-refractivity contribution in [3.63, 3.8) is 0 Å². The maximum Gasteiger partial charge on any atom is 0.133 e. The lowest BCUT2D eigenvalue weighted by molar-refractivity contribution is 0.374. The second kappa shape index (κ2) is 8.48. The molecule has 0 fully saturated rings. The van der Waals surface area contributed by atoms with Gasteiger partial charge in [0, 0.05) is 18.7 Å². The van der Waals surface area contributed by atoms with E-state index in [-0.39, 0.29) is 0 Å². The van der Waals surface area contributed by atoms with Crippen molar-refractivity contribution in [1.29, 1.82) is 0 Å². The highest BCUT2D eigenvalue weighted by Gasteiger charge is 2.10. The standard InChI is InChI=1S/C16H25NO3/c1-12(2)11-17-8-6-7-14-15(19-4)9-13(18-3)10-16(14)20-5/h6-7,9-10,12,17H,8,11H2,1-5H3. The van der Waals surface area contributed by atoms with Gasteiger partial charge in [-0.1, -0.05) is 26.0 Å². The predicted molar refractivity (Wildman–Crippen MR) is 82.8 cm³/mol. The molecule has 1 aromatic rings. The van der Waals surface area contributed by atoms with E-state index in [2.05, 4.69) is 25.2 Å². The summed E-state index contributed by atoms with van der Waals surface area (Å²) in [5, 5.41) is 3.36. The smallest absolute Gasteiger partial charge is 0.133 e. The van der Waals surface area contributed by atoms with Gasteiger partial charge in [0.15, 0.2) is 0 Å². The van der Waals surface area contributed by atoms with Gasteiger partial charge in [-0.25, -0.2) is 0 Å². The lowest BCUT2D eigenvalue weighted by Crippen LogP contribution is -2.19. The first-order valence-electron chi connectivity index (χ1n) is 6.79. The molecule has 4 heteroatoms. The van der Waals surface area contributed by atoms with Crippen LogP contribution in [0.1, 0.15) is 19.4 Å². The molecular weight excluding hydrogens is 254 g/mol. The second-order valence-corrected chi connectivity index (χ2v) is 4.90. The Hall–Kier alpha value is -1.68. The molecule has 0 bridgehead atoms. The largest absolute Gasteiger partial charge is 0.496 e. The van der Waals surface area contributed by atoms with Crippen molar-refractivity contribution in [2.24, 2.45) is 5.92 Å². The molecule has 0 saturated carbocycles. The molecule has 0 aliphatic rings. The Bertz CT molecular complexity index is 416. The highest BCUT2D eigenvalue weighted by molar-refractivity contribution is 5.66. The highest BCUT2D eigenvalue weighted by atomic mass is 16.5. The van der Waals surface area contributed by atoms with E-state index in [1.807, 2.05) is 18.2 Å². The molecule has 0 unspecified atom stereocenters. The maximum absolute atomic E-state index is 5.39. The topological polar surface area (TPSA) is 39.7 Å². The fourth-order valence-electron chi connectivity index (χ4n) is 1.83. The van der Waals surface area contributed by atoms with E-state index in [1.165, 1.54) is 0 Å². The molecule has 1 aromatic carbocycles. The maximum atomic E-state index is 5.39. The van der Waals surface area contributed by atoms with E-state index in [0.717, 1.165) is 30.2 Å². The minimum absolute atomic E-state index is 0.647. The molecule has 1 rings (SSSR count). The van der Waals surface area contributed by atoms with E-state index in [9.17, 15) is 0 Å². The van der Waals surface area contributed by atoms with Gasteiger partial charge in [0.2, 0.25) is 0 Å².